The molecular formula is C15H23NO3S. The second-order valence-electron chi connectivity index (χ2n) is 5.87. The Kier molecular flexibility index (Phi) is 4.70. The van der Waals surface area contributed by atoms with Crippen molar-refractivity contribution in [2.45, 2.75) is 50.5 Å². The molecular weight excluding hydrogens is 274 g/mol. The second-order valence-corrected chi connectivity index (χ2v) is 7.73. The molecule has 0 amide bonds. The predicted molar refractivity (Wildman–Crippen MR) is 79.1 cm³/mol. The van der Waals surface area contributed by atoms with E-state index in [2.05, 4.69) is 0 Å². The summed E-state index contributed by atoms with van der Waals surface area (Å²) in [6.07, 6.45) is 3.99. The topological polar surface area (TPSA) is 57.6 Å². The van der Waals surface area contributed by atoms with Gasteiger partial charge in [-0.2, -0.15) is 4.31 Å². The van der Waals surface area contributed by atoms with Gasteiger partial charge < -0.3 is 5.11 Å². The van der Waals surface area contributed by atoms with Gasteiger partial charge in [0.05, 0.1) is 0 Å². The van der Waals surface area contributed by atoms with Crippen LogP contribution in [0.2, 0.25) is 0 Å². The summed E-state index contributed by atoms with van der Waals surface area (Å²) in [6, 6.07) is 6.26. The van der Waals surface area contributed by atoms with E-state index >= 15 is 0 Å². The van der Waals surface area contributed by atoms with Gasteiger partial charge >= 0.3 is 0 Å². The third-order valence-corrected chi connectivity index (χ3v) is 5.69. The summed E-state index contributed by atoms with van der Waals surface area (Å²) in [5.41, 5.74) is 0. The molecule has 0 aliphatic heterocycles. The molecule has 0 bridgehead atoms. The van der Waals surface area contributed by atoms with Crippen molar-refractivity contribution in [1.82, 2.24) is 4.31 Å². The van der Waals surface area contributed by atoms with Gasteiger partial charge in [0.2, 0.25) is 10.0 Å². The maximum absolute atomic E-state index is 12.8. The molecule has 0 aromatic heterocycles. The SMILES string of the molecule is CC(C)CN(C1CCCC1)S(=O)(=O)c1ccccc1O. The van der Waals surface area contributed by atoms with Crippen molar-refractivity contribution >= 4 is 10.0 Å². The van der Waals surface area contributed by atoms with E-state index in [1.54, 1.807) is 16.4 Å². The molecule has 20 heavy (non-hydrogen) atoms. The van der Waals surface area contributed by atoms with E-state index in [-0.39, 0.29) is 22.6 Å². The van der Waals surface area contributed by atoms with Crippen LogP contribution in [-0.4, -0.2) is 30.4 Å². The van der Waals surface area contributed by atoms with Gasteiger partial charge in [-0.05, 0) is 30.9 Å². The number of aromatic hydroxyl groups is 1. The van der Waals surface area contributed by atoms with Crippen molar-refractivity contribution in [3.05, 3.63) is 24.3 Å². The summed E-state index contributed by atoms with van der Waals surface area (Å²) in [4.78, 5) is 0.0209. The number of benzene rings is 1. The number of phenolic OH excluding ortho intramolecular Hbond substituents is 1. The number of para-hydroxylation sites is 1. The summed E-state index contributed by atoms with van der Waals surface area (Å²) >= 11 is 0. The summed E-state index contributed by atoms with van der Waals surface area (Å²) < 4.78 is 27.3. The van der Waals surface area contributed by atoms with Gasteiger partial charge in [0.25, 0.3) is 0 Å². The van der Waals surface area contributed by atoms with E-state index in [4.69, 9.17) is 0 Å². The lowest BCUT2D eigenvalue weighted by Gasteiger charge is -2.29. The molecule has 112 valence electrons. The number of nitrogens with zero attached hydrogens (tertiary/aromatic N) is 1. The largest absolute Gasteiger partial charge is 0.507 e. The lowest BCUT2D eigenvalue weighted by Crippen LogP contribution is -2.41. The minimum Gasteiger partial charge on any atom is -0.507 e. The van der Waals surface area contributed by atoms with Crippen LogP contribution in [0.1, 0.15) is 39.5 Å². The lowest BCUT2D eigenvalue weighted by molar-refractivity contribution is 0.291. The van der Waals surface area contributed by atoms with Crippen molar-refractivity contribution in [2.75, 3.05) is 6.54 Å². The summed E-state index contributed by atoms with van der Waals surface area (Å²) in [5.74, 6) is 0.0930. The maximum Gasteiger partial charge on any atom is 0.247 e. The van der Waals surface area contributed by atoms with E-state index in [1.165, 1.54) is 12.1 Å². The second kappa shape index (κ2) is 6.14. The van der Waals surface area contributed by atoms with Crippen LogP contribution in [0.3, 0.4) is 0 Å². The zero-order valence-electron chi connectivity index (χ0n) is 12.1. The Morgan fingerprint density at radius 3 is 2.40 bits per heavy atom. The van der Waals surface area contributed by atoms with Crippen LogP contribution in [0.25, 0.3) is 0 Å². The standard InChI is InChI=1S/C15H23NO3S/c1-12(2)11-16(13-7-3-4-8-13)20(18,19)15-10-6-5-9-14(15)17/h5-6,9-10,12-13,17H,3-4,7-8,11H2,1-2H3. The fraction of sp³-hybridized carbons (Fsp3) is 0.600. The molecule has 1 aliphatic rings. The summed E-state index contributed by atoms with van der Waals surface area (Å²) in [6.45, 7) is 4.53. The highest BCUT2D eigenvalue weighted by atomic mass is 32.2. The monoisotopic (exact) mass is 297 g/mol. The molecule has 1 aliphatic carbocycles. The molecule has 1 aromatic rings. The van der Waals surface area contributed by atoms with Crippen molar-refractivity contribution in [3.8, 4) is 5.75 Å². The van der Waals surface area contributed by atoms with Crippen LogP contribution in [0.4, 0.5) is 0 Å². The number of phenols is 1. The average molecular weight is 297 g/mol. The van der Waals surface area contributed by atoms with Crippen LogP contribution >= 0.6 is 0 Å². The minimum absolute atomic E-state index is 0.0209. The molecule has 1 N–H and O–H groups in total. The normalized spacial score (nSPS) is 17.2. The first-order valence-corrected chi connectivity index (χ1v) is 8.66. The van der Waals surface area contributed by atoms with Crippen LogP contribution < -0.4 is 0 Å². The number of hydrogen-bond acceptors (Lipinski definition) is 3. The van der Waals surface area contributed by atoms with E-state index in [0.717, 1.165) is 25.7 Å². The van der Waals surface area contributed by atoms with Crippen LogP contribution in [0, 0.1) is 5.92 Å². The molecule has 1 saturated carbocycles. The number of rotatable bonds is 5. The first-order chi connectivity index (χ1) is 9.43. The first kappa shape index (κ1) is 15.3. The van der Waals surface area contributed by atoms with Crippen LogP contribution in [-0.2, 0) is 10.0 Å². The number of hydrogen-bond donors (Lipinski definition) is 1. The van der Waals surface area contributed by atoms with Gasteiger partial charge in [-0.3, -0.25) is 0 Å². The Bertz CT molecular complexity index is 548. The fourth-order valence-electron chi connectivity index (χ4n) is 2.80. The predicted octanol–water partition coefficient (Wildman–Crippen LogP) is 2.98. The summed E-state index contributed by atoms with van der Waals surface area (Å²) in [5, 5.41) is 9.87. The maximum atomic E-state index is 12.8. The van der Waals surface area contributed by atoms with E-state index in [9.17, 15) is 13.5 Å². The van der Waals surface area contributed by atoms with Gasteiger partial charge in [-0.1, -0.05) is 38.8 Å². The molecule has 0 heterocycles. The van der Waals surface area contributed by atoms with E-state index < -0.39 is 10.0 Å². The molecule has 0 unspecified atom stereocenters. The average Bonchev–Trinajstić information content (AvgIpc) is 2.89. The molecule has 2 rings (SSSR count). The number of sulfonamides is 1. The third kappa shape index (κ3) is 3.15. The smallest absolute Gasteiger partial charge is 0.247 e. The molecule has 0 spiro atoms. The van der Waals surface area contributed by atoms with Crippen molar-refractivity contribution in [1.29, 1.82) is 0 Å². The first-order valence-electron chi connectivity index (χ1n) is 7.22. The van der Waals surface area contributed by atoms with Crippen molar-refractivity contribution in [3.63, 3.8) is 0 Å². The summed E-state index contributed by atoms with van der Waals surface area (Å²) in [7, 11) is -3.63. The van der Waals surface area contributed by atoms with Crippen molar-refractivity contribution in [2.24, 2.45) is 5.92 Å². The molecule has 4 nitrogen and oxygen atoms in total. The quantitative estimate of drug-likeness (QED) is 0.909. The molecule has 0 saturated heterocycles. The van der Waals surface area contributed by atoms with Crippen LogP contribution in [0.5, 0.6) is 5.75 Å². The molecule has 0 radical (unpaired) electrons. The molecule has 1 aromatic carbocycles. The van der Waals surface area contributed by atoms with Gasteiger partial charge in [-0.25, -0.2) is 8.42 Å². The van der Waals surface area contributed by atoms with Gasteiger partial charge in [-0.15, -0.1) is 0 Å². The van der Waals surface area contributed by atoms with Gasteiger partial charge in [0.15, 0.2) is 0 Å². The molecule has 5 heteroatoms. The Labute approximate surface area is 121 Å². The highest BCUT2D eigenvalue weighted by Gasteiger charge is 2.34. The Morgan fingerprint density at radius 2 is 1.85 bits per heavy atom. The Balaban J connectivity index is 2.38. The van der Waals surface area contributed by atoms with E-state index in [1.807, 2.05) is 13.8 Å². The Morgan fingerprint density at radius 1 is 1.25 bits per heavy atom. The fourth-order valence-corrected chi connectivity index (χ4v) is 4.73. The molecule has 1 fully saturated rings. The van der Waals surface area contributed by atoms with E-state index in [0.29, 0.717) is 6.54 Å². The van der Waals surface area contributed by atoms with Crippen LogP contribution in [0.15, 0.2) is 29.2 Å². The zero-order chi connectivity index (χ0) is 14.8. The van der Waals surface area contributed by atoms with Gasteiger partial charge in [0, 0.05) is 12.6 Å². The van der Waals surface area contributed by atoms with Crippen molar-refractivity contribution < 1.29 is 13.5 Å². The highest BCUT2D eigenvalue weighted by molar-refractivity contribution is 7.89. The zero-order valence-corrected chi connectivity index (χ0v) is 12.9. The third-order valence-electron chi connectivity index (χ3n) is 3.73. The Hall–Kier alpha value is -1.07. The lowest BCUT2D eigenvalue weighted by atomic mass is 10.2. The minimum atomic E-state index is -3.63. The molecule has 0 atom stereocenters. The highest BCUT2D eigenvalue weighted by Crippen LogP contribution is 2.32. The van der Waals surface area contributed by atoms with Gasteiger partial charge in [0.1, 0.15) is 10.6 Å².